The second kappa shape index (κ2) is 10.6. The van der Waals surface area contributed by atoms with Crippen LogP contribution in [-0.2, 0) is 14.3 Å². The third-order valence-electron chi connectivity index (χ3n) is 3.49. The predicted octanol–water partition coefficient (Wildman–Crippen LogP) is 1.85. The van der Waals surface area contributed by atoms with Crippen molar-refractivity contribution in [1.29, 1.82) is 0 Å². The Bertz CT molecular complexity index is 532. The van der Waals surface area contributed by atoms with E-state index in [4.69, 9.17) is 9.47 Å². The Kier molecular flexibility index (Phi) is 8.86. The zero-order valence-electron chi connectivity index (χ0n) is 14.9. The summed E-state index contributed by atoms with van der Waals surface area (Å²) in [7, 11) is 1.55. The summed E-state index contributed by atoms with van der Waals surface area (Å²) in [4.78, 5) is 23.5. The van der Waals surface area contributed by atoms with Gasteiger partial charge in [0.15, 0.2) is 6.10 Å². The lowest BCUT2D eigenvalue weighted by Gasteiger charge is -2.18. The fourth-order valence-corrected chi connectivity index (χ4v) is 2.12. The third kappa shape index (κ3) is 7.00. The quantitative estimate of drug-likeness (QED) is 0.639. The first-order valence-corrected chi connectivity index (χ1v) is 8.24. The van der Waals surface area contributed by atoms with E-state index in [9.17, 15) is 9.59 Å². The predicted molar refractivity (Wildman–Crippen MR) is 93.1 cm³/mol. The van der Waals surface area contributed by atoms with Crippen molar-refractivity contribution in [2.45, 2.75) is 39.2 Å². The molecule has 1 aromatic rings. The van der Waals surface area contributed by atoms with Gasteiger partial charge in [0.25, 0.3) is 5.91 Å². The second-order valence-electron chi connectivity index (χ2n) is 5.84. The van der Waals surface area contributed by atoms with Crippen molar-refractivity contribution in [1.82, 2.24) is 10.6 Å². The van der Waals surface area contributed by atoms with Crippen LogP contribution in [-0.4, -0.2) is 44.7 Å². The number of nitrogens with one attached hydrogen (secondary N) is 2. The Balaban J connectivity index is 2.37. The van der Waals surface area contributed by atoms with Crippen molar-refractivity contribution in [3.8, 4) is 5.75 Å². The summed E-state index contributed by atoms with van der Waals surface area (Å²) in [6.45, 7) is 7.00. The molecule has 24 heavy (non-hydrogen) atoms. The first-order valence-electron chi connectivity index (χ1n) is 8.24. The molecule has 0 aliphatic heterocycles. The van der Waals surface area contributed by atoms with Gasteiger partial charge in [-0.25, -0.2) is 0 Å². The molecule has 134 valence electrons. The van der Waals surface area contributed by atoms with Crippen molar-refractivity contribution in [3.63, 3.8) is 0 Å². The van der Waals surface area contributed by atoms with Gasteiger partial charge in [0.1, 0.15) is 5.75 Å². The number of para-hydroxylation sites is 1. The van der Waals surface area contributed by atoms with Crippen LogP contribution < -0.4 is 15.4 Å². The van der Waals surface area contributed by atoms with Crippen molar-refractivity contribution >= 4 is 11.8 Å². The van der Waals surface area contributed by atoms with Crippen molar-refractivity contribution in [2.75, 3.05) is 26.8 Å². The number of methoxy groups -OCH3 is 1. The molecule has 2 amide bonds. The molecule has 0 spiro atoms. The van der Waals surface area contributed by atoms with E-state index < -0.39 is 6.10 Å². The Morgan fingerprint density at radius 1 is 1.08 bits per heavy atom. The van der Waals surface area contributed by atoms with Crippen LogP contribution in [0.2, 0.25) is 0 Å². The lowest BCUT2D eigenvalue weighted by atomic mass is 10.0. The fraction of sp³-hybridized carbons (Fsp3) is 0.556. The molecule has 1 atom stereocenters. The first kappa shape index (κ1) is 20.0. The highest BCUT2D eigenvalue weighted by Gasteiger charge is 2.16. The molecule has 0 aliphatic carbocycles. The Labute approximate surface area is 143 Å². The minimum atomic E-state index is -0.603. The summed E-state index contributed by atoms with van der Waals surface area (Å²) in [6.07, 6.45) is -0.287. The molecule has 0 aliphatic rings. The van der Waals surface area contributed by atoms with Crippen LogP contribution in [0, 0.1) is 0 Å². The van der Waals surface area contributed by atoms with Gasteiger partial charge in [0.2, 0.25) is 5.91 Å². The van der Waals surface area contributed by atoms with Gasteiger partial charge in [0.05, 0.1) is 6.61 Å². The first-order chi connectivity index (χ1) is 11.5. The molecule has 6 heteroatoms. The second-order valence-corrected chi connectivity index (χ2v) is 5.84. The van der Waals surface area contributed by atoms with E-state index in [-0.39, 0.29) is 11.8 Å². The van der Waals surface area contributed by atoms with Gasteiger partial charge in [-0.3, -0.25) is 9.59 Å². The number of carbonyl (C=O) groups is 2. The van der Waals surface area contributed by atoms with Crippen LogP contribution in [0.25, 0.3) is 0 Å². The van der Waals surface area contributed by atoms with Crippen LogP contribution in [0.5, 0.6) is 5.75 Å². The Morgan fingerprint density at radius 2 is 1.75 bits per heavy atom. The maximum absolute atomic E-state index is 12.1. The molecule has 6 nitrogen and oxygen atoms in total. The van der Waals surface area contributed by atoms with E-state index in [2.05, 4.69) is 24.5 Å². The van der Waals surface area contributed by atoms with Crippen molar-refractivity contribution in [3.05, 3.63) is 29.8 Å². The molecule has 0 heterocycles. The zero-order valence-corrected chi connectivity index (χ0v) is 14.9. The molecule has 1 rings (SSSR count). The smallest absolute Gasteiger partial charge is 0.260 e. The molecule has 0 saturated heterocycles. The third-order valence-corrected chi connectivity index (χ3v) is 3.49. The number of amides is 2. The molecule has 0 bridgehead atoms. The number of rotatable bonds is 10. The highest BCUT2D eigenvalue weighted by molar-refractivity contribution is 5.81. The molecule has 0 radical (unpaired) electrons. The number of carbonyl (C=O) groups excluding carboxylic acids is 2. The maximum Gasteiger partial charge on any atom is 0.260 e. The number of ether oxygens (including phenoxy) is 2. The van der Waals surface area contributed by atoms with Gasteiger partial charge in [-0.2, -0.15) is 0 Å². The zero-order chi connectivity index (χ0) is 17.9. The van der Waals surface area contributed by atoms with E-state index >= 15 is 0 Å². The van der Waals surface area contributed by atoms with Gasteiger partial charge in [0, 0.05) is 26.6 Å². The van der Waals surface area contributed by atoms with E-state index in [1.54, 1.807) is 14.0 Å². The van der Waals surface area contributed by atoms with E-state index in [1.807, 2.05) is 24.3 Å². The molecular formula is C18H28N2O4. The molecule has 0 saturated carbocycles. The van der Waals surface area contributed by atoms with Crippen molar-refractivity contribution < 1.29 is 19.1 Å². The SMILES string of the molecule is COCCC(=O)NCCNC(=O)C(C)Oc1ccccc1C(C)C. The summed E-state index contributed by atoms with van der Waals surface area (Å²) in [5, 5.41) is 5.46. The average Bonchev–Trinajstić information content (AvgIpc) is 2.56. The van der Waals surface area contributed by atoms with Gasteiger partial charge < -0.3 is 20.1 Å². The van der Waals surface area contributed by atoms with Crippen LogP contribution in [0.4, 0.5) is 0 Å². The topological polar surface area (TPSA) is 76.7 Å². The maximum atomic E-state index is 12.1. The van der Waals surface area contributed by atoms with E-state index in [0.29, 0.717) is 32.0 Å². The van der Waals surface area contributed by atoms with Gasteiger partial charge in [-0.15, -0.1) is 0 Å². The Hall–Kier alpha value is -2.08. The molecule has 2 N–H and O–H groups in total. The van der Waals surface area contributed by atoms with Gasteiger partial charge in [-0.1, -0.05) is 32.0 Å². The summed E-state index contributed by atoms with van der Waals surface area (Å²) in [6, 6.07) is 7.72. The summed E-state index contributed by atoms with van der Waals surface area (Å²) in [5.74, 6) is 0.739. The fourth-order valence-electron chi connectivity index (χ4n) is 2.12. The van der Waals surface area contributed by atoms with Crippen molar-refractivity contribution in [2.24, 2.45) is 0 Å². The highest BCUT2D eigenvalue weighted by Crippen LogP contribution is 2.26. The lowest BCUT2D eigenvalue weighted by Crippen LogP contribution is -2.40. The van der Waals surface area contributed by atoms with E-state index in [0.717, 1.165) is 11.3 Å². The summed E-state index contributed by atoms with van der Waals surface area (Å²) >= 11 is 0. The summed E-state index contributed by atoms with van der Waals surface area (Å²) < 4.78 is 10.6. The molecule has 0 fully saturated rings. The van der Waals surface area contributed by atoms with Crippen LogP contribution >= 0.6 is 0 Å². The number of hydrogen-bond acceptors (Lipinski definition) is 4. The van der Waals surface area contributed by atoms with Crippen LogP contribution in [0.15, 0.2) is 24.3 Å². The highest BCUT2D eigenvalue weighted by atomic mass is 16.5. The molecule has 1 unspecified atom stereocenters. The van der Waals surface area contributed by atoms with Gasteiger partial charge >= 0.3 is 0 Å². The minimum Gasteiger partial charge on any atom is -0.481 e. The monoisotopic (exact) mass is 336 g/mol. The minimum absolute atomic E-state index is 0.0961. The normalized spacial score (nSPS) is 11.9. The lowest BCUT2D eigenvalue weighted by molar-refractivity contribution is -0.127. The summed E-state index contributed by atoms with van der Waals surface area (Å²) in [5.41, 5.74) is 1.07. The standard InChI is InChI=1S/C18H28N2O4/c1-13(2)15-7-5-6-8-16(15)24-14(3)18(22)20-11-10-19-17(21)9-12-23-4/h5-8,13-14H,9-12H2,1-4H3,(H,19,21)(H,20,22). The Morgan fingerprint density at radius 3 is 2.42 bits per heavy atom. The molecule has 0 aromatic heterocycles. The van der Waals surface area contributed by atoms with E-state index in [1.165, 1.54) is 0 Å². The van der Waals surface area contributed by atoms with Gasteiger partial charge in [-0.05, 0) is 24.5 Å². The van der Waals surface area contributed by atoms with Crippen LogP contribution in [0.1, 0.15) is 38.7 Å². The number of benzene rings is 1. The molecule has 1 aromatic carbocycles. The number of hydrogen-bond donors (Lipinski definition) is 2. The van der Waals surface area contributed by atoms with Crippen LogP contribution in [0.3, 0.4) is 0 Å². The molecular weight excluding hydrogens is 308 g/mol. The largest absolute Gasteiger partial charge is 0.481 e. The average molecular weight is 336 g/mol.